The van der Waals surface area contributed by atoms with Crippen LogP contribution in [0.1, 0.15) is 52.4 Å². The van der Waals surface area contributed by atoms with Crippen molar-refractivity contribution in [1.29, 1.82) is 0 Å². The molecule has 0 spiro atoms. The van der Waals surface area contributed by atoms with Gasteiger partial charge in [-0.05, 0) is 37.5 Å². The van der Waals surface area contributed by atoms with Gasteiger partial charge in [0.25, 0.3) is 0 Å². The third-order valence-corrected chi connectivity index (χ3v) is 5.00. The summed E-state index contributed by atoms with van der Waals surface area (Å²) in [5.74, 6) is 1.02. The molecule has 2 aliphatic rings. The first-order valence-electron chi connectivity index (χ1n) is 9.32. The second-order valence-electron chi connectivity index (χ2n) is 7.27. The molecule has 0 saturated carbocycles. The summed E-state index contributed by atoms with van der Waals surface area (Å²) in [7, 11) is 1.88. The zero-order chi connectivity index (χ0) is 16.5. The number of rotatable bonds is 7. The lowest BCUT2D eigenvalue weighted by Crippen LogP contribution is -2.50. The molecule has 1 N–H and O–H groups in total. The molecule has 2 unspecified atom stereocenters. The molecule has 0 amide bonds. The summed E-state index contributed by atoms with van der Waals surface area (Å²) in [6.45, 7) is 10.0. The summed E-state index contributed by atoms with van der Waals surface area (Å²) < 4.78 is 11.3. The quantitative estimate of drug-likeness (QED) is 0.278. The molecule has 2 heterocycles. The monoisotopic (exact) mass is 453 g/mol. The average Bonchev–Trinajstić information content (AvgIpc) is 3.04. The van der Waals surface area contributed by atoms with Gasteiger partial charge >= 0.3 is 0 Å². The van der Waals surface area contributed by atoms with Gasteiger partial charge < -0.3 is 19.7 Å². The molecule has 0 aromatic rings. The maximum absolute atomic E-state index is 5.72. The van der Waals surface area contributed by atoms with Crippen LogP contribution in [0.25, 0.3) is 0 Å². The molecule has 6 heteroatoms. The predicted octanol–water partition coefficient (Wildman–Crippen LogP) is 3.28. The maximum Gasteiger partial charge on any atom is 0.193 e. The Labute approximate surface area is 165 Å². The maximum atomic E-state index is 5.72. The Kier molecular flexibility index (Phi) is 10.5. The molecule has 5 nitrogen and oxygen atoms in total. The van der Waals surface area contributed by atoms with Crippen molar-refractivity contribution in [2.75, 3.05) is 46.5 Å². The van der Waals surface area contributed by atoms with E-state index in [1.165, 1.54) is 32.1 Å². The van der Waals surface area contributed by atoms with Gasteiger partial charge in [-0.15, -0.1) is 24.0 Å². The van der Waals surface area contributed by atoms with E-state index in [0.717, 1.165) is 45.2 Å². The standard InChI is InChI=1S/C18H35N3O2.HI/c1-4-8-18(2)9-6-11-21(15-18)17(19-3)20-10-13-22-14-16-7-5-12-23-16;/h16H,4-15H2,1-3H3,(H,19,20);1H. The highest BCUT2D eigenvalue weighted by atomic mass is 127. The number of piperidine rings is 1. The molecule has 24 heavy (non-hydrogen) atoms. The van der Waals surface area contributed by atoms with Crippen LogP contribution in [0.2, 0.25) is 0 Å². The summed E-state index contributed by atoms with van der Waals surface area (Å²) in [5, 5.41) is 3.45. The van der Waals surface area contributed by atoms with Crippen LogP contribution in [0.5, 0.6) is 0 Å². The van der Waals surface area contributed by atoms with Crippen molar-refractivity contribution in [1.82, 2.24) is 10.2 Å². The van der Waals surface area contributed by atoms with Crippen LogP contribution in [0.15, 0.2) is 4.99 Å². The van der Waals surface area contributed by atoms with E-state index >= 15 is 0 Å². The SMILES string of the molecule is CCCC1(C)CCCN(C(=NC)NCCOCC2CCCO2)C1.I. The van der Waals surface area contributed by atoms with Gasteiger partial charge in [0.1, 0.15) is 0 Å². The molecule has 0 aliphatic carbocycles. The average molecular weight is 453 g/mol. The fraction of sp³-hybridized carbons (Fsp3) is 0.944. The van der Waals surface area contributed by atoms with E-state index in [2.05, 4.69) is 29.1 Å². The number of guanidine groups is 1. The zero-order valence-corrected chi connectivity index (χ0v) is 18.0. The highest BCUT2D eigenvalue weighted by Crippen LogP contribution is 2.33. The Morgan fingerprint density at radius 1 is 1.42 bits per heavy atom. The van der Waals surface area contributed by atoms with Gasteiger partial charge in [-0.2, -0.15) is 0 Å². The molecule has 0 aromatic carbocycles. The van der Waals surface area contributed by atoms with Crippen molar-refractivity contribution >= 4 is 29.9 Å². The van der Waals surface area contributed by atoms with E-state index in [-0.39, 0.29) is 24.0 Å². The lowest BCUT2D eigenvalue weighted by molar-refractivity contribution is 0.0189. The van der Waals surface area contributed by atoms with Crippen LogP contribution < -0.4 is 5.32 Å². The van der Waals surface area contributed by atoms with E-state index in [4.69, 9.17) is 9.47 Å². The minimum Gasteiger partial charge on any atom is -0.377 e. The molecule has 0 bridgehead atoms. The number of hydrogen-bond acceptors (Lipinski definition) is 3. The first kappa shape index (κ1) is 22.0. The largest absolute Gasteiger partial charge is 0.377 e. The van der Waals surface area contributed by atoms with Gasteiger partial charge in [0.15, 0.2) is 5.96 Å². The van der Waals surface area contributed by atoms with E-state index in [1.54, 1.807) is 0 Å². The third kappa shape index (κ3) is 7.04. The molecule has 2 fully saturated rings. The number of likely N-dealkylation sites (tertiary alicyclic amines) is 1. The number of nitrogens with zero attached hydrogens (tertiary/aromatic N) is 2. The summed E-state index contributed by atoms with van der Waals surface area (Å²) in [4.78, 5) is 6.88. The number of ether oxygens (including phenoxy) is 2. The minimum absolute atomic E-state index is 0. The van der Waals surface area contributed by atoms with Gasteiger partial charge in [0.05, 0.1) is 19.3 Å². The van der Waals surface area contributed by atoms with Gasteiger partial charge in [-0.3, -0.25) is 4.99 Å². The van der Waals surface area contributed by atoms with Gasteiger partial charge in [0.2, 0.25) is 0 Å². The van der Waals surface area contributed by atoms with Crippen molar-refractivity contribution < 1.29 is 9.47 Å². The first-order valence-corrected chi connectivity index (χ1v) is 9.32. The minimum atomic E-state index is 0. The third-order valence-electron chi connectivity index (χ3n) is 5.00. The summed E-state index contributed by atoms with van der Waals surface area (Å²) in [6, 6.07) is 0. The van der Waals surface area contributed by atoms with E-state index in [1.807, 2.05) is 7.05 Å². The number of nitrogens with one attached hydrogen (secondary N) is 1. The Morgan fingerprint density at radius 2 is 2.25 bits per heavy atom. The van der Waals surface area contributed by atoms with Gasteiger partial charge in [-0.25, -0.2) is 0 Å². The van der Waals surface area contributed by atoms with Crippen LogP contribution in [-0.2, 0) is 9.47 Å². The molecule has 2 rings (SSSR count). The molecule has 2 atom stereocenters. The van der Waals surface area contributed by atoms with Crippen molar-refractivity contribution in [3.8, 4) is 0 Å². The van der Waals surface area contributed by atoms with Crippen LogP contribution in [0.4, 0.5) is 0 Å². The highest BCUT2D eigenvalue weighted by Gasteiger charge is 2.31. The Bertz CT molecular complexity index is 371. The summed E-state index contributed by atoms with van der Waals surface area (Å²) >= 11 is 0. The van der Waals surface area contributed by atoms with Crippen LogP contribution in [0, 0.1) is 5.41 Å². The van der Waals surface area contributed by atoms with Gasteiger partial charge in [0, 0.05) is 33.3 Å². The van der Waals surface area contributed by atoms with Crippen molar-refractivity contribution in [2.24, 2.45) is 10.4 Å². The van der Waals surface area contributed by atoms with Crippen molar-refractivity contribution in [2.45, 2.75) is 58.5 Å². The number of hydrogen-bond donors (Lipinski definition) is 1. The van der Waals surface area contributed by atoms with Gasteiger partial charge in [-0.1, -0.05) is 20.3 Å². The fourth-order valence-electron chi connectivity index (χ4n) is 3.86. The second-order valence-corrected chi connectivity index (χ2v) is 7.27. The lowest BCUT2D eigenvalue weighted by Gasteiger charge is -2.42. The normalized spacial score (nSPS) is 27.9. The van der Waals surface area contributed by atoms with Crippen LogP contribution >= 0.6 is 24.0 Å². The molecule has 2 saturated heterocycles. The predicted molar refractivity (Wildman–Crippen MR) is 110 cm³/mol. The van der Waals surface area contributed by atoms with Crippen LogP contribution in [0.3, 0.4) is 0 Å². The van der Waals surface area contributed by atoms with Crippen molar-refractivity contribution in [3.05, 3.63) is 0 Å². The lowest BCUT2D eigenvalue weighted by atomic mass is 9.78. The number of halogens is 1. The Hall–Kier alpha value is -0.0800. The molecule has 0 radical (unpaired) electrons. The van der Waals surface area contributed by atoms with Crippen molar-refractivity contribution in [3.63, 3.8) is 0 Å². The molecular formula is C18H36IN3O2. The smallest absolute Gasteiger partial charge is 0.193 e. The molecule has 142 valence electrons. The topological polar surface area (TPSA) is 46.1 Å². The zero-order valence-electron chi connectivity index (χ0n) is 15.7. The summed E-state index contributed by atoms with van der Waals surface area (Å²) in [6.07, 6.45) is 7.76. The Balaban J connectivity index is 0.00000288. The fourth-order valence-corrected chi connectivity index (χ4v) is 3.86. The van der Waals surface area contributed by atoms with Crippen LogP contribution in [-0.4, -0.2) is 63.5 Å². The number of aliphatic imine (C=N–C) groups is 1. The Morgan fingerprint density at radius 3 is 2.92 bits per heavy atom. The van der Waals surface area contributed by atoms with E-state index < -0.39 is 0 Å². The molecular weight excluding hydrogens is 417 g/mol. The molecule has 0 aromatic heterocycles. The highest BCUT2D eigenvalue weighted by molar-refractivity contribution is 14.0. The molecule has 2 aliphatic heterocycles. The first-order chi connectivity index (χ1) is 11.2. The second kappa shape index (κ2) is 11.5. The summed E-state index contributed by atoms with van der Waals surface area (Å²) in [5.41, 5.74) is 0.431. The van der Waals surface area contributed by atoms with E-state index in [0.29, 0.717) is 18.1 Å². The van der Waals surface area contributed by atoms with E-state index in [9.17, 15) is 0 Å².